The Morgan fingerprint density at radius 3 is 2.14 bits per heavy atom. The lowest BCUT2D eigenvalue weighted by Crippen LogP contribution is -2.39. The lowest BCUT2D eigenvalue weighted by Gasteiger charge is -2.25. The number of nitrogens with zero attached hydrogens (tertiary/aromatic N) is 4. The van der Waals surface area contributed by atoms with Crippen LogP contribution >= 0.6 is 11.3 Å². The number of rotatable bonds is 6. The van der Waals surface area contributed by atoms with Gasteiger partial charge in [0, 0.05) is 39.6 Å². The zero-order valence-corrected chi connectivity index (χ0v) is 21.7. The third-order valence-corrected chi connectivity index (χ3v) is 6.93. The first-order valence-electron chi connectivity index (χ1n) is 11.5. The molecule has 0 fully saturated rings. The van der Waals surface area contributed by atoms with Gasteiger partial charge in [0.05, 0.1) is 28.5 Å². The van der Waals surface area contributed by atoms with E-state index >= 15 is 0 Å². The minimum absolute atomic E-state index is 0.179. The molecule has 0 unspecified atom stereocenters. The molecule has 0 bridgehead atoms. The molecule has 2 aromatic carbocycles. The summed E-state index contributed by atoms with van der Waals surface area (Å²) in [4.78, 5) is 35.9. The van der Waals surface area contributed by atoms with Crippen molar-refractivity contribution in [2.75, 3.05) is 44.6 Å². The summed E-state index contributed by atoms with van der Waals surface area (Å²) in [6, 6.07) is 15.3. The minimum Gasteiger partial charge on any atom is -0.463 e. The molecule has 0 saturated carbocycles. The standard InChI is InChI=1S/C27H30N4O3S/c1-7-34-26(33)23-17(2)28-27-31(24(23)19-10-14-21(15-11-19)30(5)6)25(32)22(35-27)16-18-8-12-20(13-9-18)29(3)4/h8-16,24H,7H2,1-6H3/b22-16+/t24-/m0/s1. The Morgan fingerprint density at radius 2 is 1.60 bits per heavy atom. The van der Waals surface area contributed by atoms with Crippen LogP contribution in [0.4, 0.5) is 11.4 Å². The van der Waals surface area contributed by atoms with Crippen molar-refractivity contribution in [1.29, 1.82) is 0 Å². The SMILES string of the molecule is CCOC(=O)C1=C(C)N=c2s/c(=C/c3ccc(N(C)C)cc3)c(=O)n2[C@H]1c1ccc(N(C)C)cc1. The third-order valence-electron chi connectivity index (χ3n) is 5.95. The maximum absolute atomic E-state index is 13.7. The molecule has 1 atom stereocenters. The number of carbonyl (C=O) groups is 1. The number of ether oxygens (including phenoxy) is 1. The van der Waals surface area contributed by atoms with Gasteiger partial charge in [-0.2, -0.15) is 0 Å². The van der Waals surface area contributed by atoms with Crippen LogP contribution in [0.1, 0.15) is 31.0 Å². The predicted molar refractivity (Wildman–Crippen MR) is 142 cm³/mol. The number of fused-ring (bicyclic) bond motifs is 1. The number of thiazole rings is 1. The van der Waals surface area contributed by atoms with Gasteiger partial charge in [0.1, 0.15) is 0 Å². The summed E-state index contributed by atoms with van der Waals surface area (Å²) >= 11 is 1.33. The maximum Gasteiger partial charge on any atom is 0.338 e. The summed E-state index contributed by atoms with van der Waals surface area (Å²) < 4.78 is 7.55. The second-order valence-electron chi connectivity index (χ2n) is 8.77. The molecule has 3 aromatic rings. The third kappa shape index (κ3) is 4.79. The van der Waals surface area contributed by atoms with E-state index in [-0.39, 0.29) is 12.2 Å². The van der Waals surface area contributed by atoms with Gasteiger partial charge in [-0.25, -0.2) is 9.79 Å². The highest BCUT2D eigenvalue weighted by Crippen LogP contribution is 2.31. The fourth-order valence-corrected chi connectivity index (χ4v) is 5.13. The summed E-state index contributed by atoms with van der Waals surface area (Å²) in [7, 11) is 7.91. The number of esters is 1. The van der Waals surface area contributed by atoms with Crippen LogP contribution in [0, 0.1) is 0 Å². The summed E-state index contributed by atoms with van der Waals surface area (Å²) in [5.41, 5.74) is 4.64. The quantitative estimate of drug-likeness (QED) is 0.497. The first kappa shape index (κ1) is 24.5. The van der Waals surface area contributed by atoms with Crippen LogP contribution in [-0.4, -0.2) is 45.3 Å². The van der Waals surface area contributed by atoms with Gasteiger partial charge in [0.2, 0.25) is 0 Å². The smallest absolute Gasteiger partial charge is 0.338 e. The first-order valence-corrected chi connectivity index (χ1v) is 12.3. The van der Waals surface area contributed by atoms with Gasteiger partial charge in [0.25, 0.3) is 5.56 Å². The molecule has 0 aliphatic carbocycles. The van der Waals surface area contributed by atoms with E-state index in [2.05, 4.69) is 4.99 Å². The van der Waals surface area contributed by atoms with E-state index in [0.717, 1.165) is 22.5 Å². The van der Waals surface area contributed by atoms with Crippen LogP contribution in [0.15, 0.2) is 69.6 Å². The van der Waals surface area contributed by atoms with E-state index in [1.165, 1.54) is 11.3 Å². The molecular formula is C27H30N4O3S. The van der Waals surface area contributed by atoms with Crippen LogP contribution < -0.4 is 24.7 Å². The van der Waals surface area contributed by atoms with Crippen molar-refractivity contribution >= 4 is 34.8 Å². The van der Waals surface area contributed by atoms with E-state index in [1.54, 1.807) is 18.4 Å². The Morgan fingerprint density at radius 1 is 1.03 bits per heavy atom. The molecule has 4 rings (SSSR count). The maximum atomic E-state index is 13.7. The molecule has 0 amide bonds. The van der Waals surface area contributed by atoms with E-state index in [9.17, 15) is 9.59 Å². The molecule has 0 saturated heterocycles. The van der Waals surface area contributed by atoms with Crippen molar-refractivity contribution in [3.05, 3.63) is 90.6 Å². The van der Waals surface area contributed by atoms with Crippen LogP contribution in [0.5, 0.6) is 0 Å². The number of aromatic nitrogens is 1. The number of carbonyl (C=O) groups excluding carboxylic acids is 1. The van der Waals surface area contributed by atoms with Crippen LogP contribution in [0.25, 0.3) is 6.08 Å². The van der Waals surface area contributed by atoms with E-state index in [0.29, 0.717) is 20.6 Å². The van der Waals surface area contributed by atoms with Crippen molar-refractivity contribution < 1.29 is 9.53 Å². The highest BCUT2D eigenvalue weighted by molar-refractivity contribution is 7.07. The van der Waals surface area contributed by atoms with Crippen molar-refractivity contribution in [3.8, 4) is 0 Å². The second kappa shape index (κ2) is 9.92. The fraction of sp³-hybridized carbons (Fsp3) is 0.296. The summed E-state index contributed by atoms with van der Waals surface area (Å²) in [6.45, 7) is 3.81. The lowest BCUT2D eigenvalue weighted by atomic mass is 9.95. The average molecular weight is 491 g/mol. The van der Waals surface area contributed by atoms with Crippen LogP contribution in [0.3, 0.4) is 0 Å². The average Bonchev–Trinajstić information content (AvgIpc) is 3.13. The van der Waals surface area contributed by atoms with Gasteiger partial charge in [-0.05, 0) is 55.3 Å². The monoisotopic (exact) mass is 490 g/mol. The Kier molecular flexibility index (Phi) is 6.93. The molecule has 1 aliphatic heterocycles. The molecule has 1 aromatic heterocycles. The lowest BCUT2D eigenvalue weighted by molar-refractivity contribution is -0.139. The second-order valence-corrected chi connectivity index (χ2v) is 9.78. The van der Waals surface area contributed by atoms with Crippen molar-refractivity contribution in [3.63, 3.8) is 0 Å². The minimum atomic E-state index is -0.611. The normalized spacial score (nSPS) is 15.5. The summed E-state index contributed by atoms with van der Waals surface area (Å²) in [5.74, 6) is -0.455. The van der Waals surface area contributed by atoms with Crippen molar-refractivity contribution in [1.82, 2.24) is 4.57 Å². The van der Waals surface area contributed by atoms with Gasteiger partial charge in [0.15, 0.2) is 4.80 Å². The molecule has 0 spiro atoms. The zero-order chi connectivity index (χ0) is 25.3. The van der Waals surface area contributed by atoms with Gasteiger partial charge >= 0.3 is 5.97 Å². The molecule has 0 N–H and O–H groups in total. The van der Waals surface area contributed by atoms with E-state index in [4.69, 9.17) is 4.74 Å². The first-order chi connectivity index (χ1) is 16.7. The zero-order valence-electron chi connectivity index (χ0n) is 20.9. The largest absolute Gasteiger partial charge is 0.463 e. The molecule has 35 heavy (non-hydrogen) atoms. The predicted octanol–water partition coefficient (Wildman–Crippen LogP) is 2.93. The molecule has 1 aliphatic rings. The highest BCUT2D eigenvalue weighted by atomic mass is 32.1. The topological polar surface area (TPSA) is 67.1 Å². The molecule has 7 nitrogen and oxygen atoms in total. The van der Waals surface area contributed by atoms with Gasteiger partial charge in [-0.1, -0.05) is 35.6 Å². The Hall–Kier alpha value is -3.65. The van der Waals surface area contributed by atoms with Gasteiger partial charge in [-0.15, -0.1) is 0 Å². The number of hydrogen-bond donors (Lipinski definition) is 0. The van der Waals surface area contributed by atoms with E-state index in [1.807, 2.05) is 92.6 Å². The molecule has 2 heterocycles. The Labute approximate surface area is 208 Å². The Bertz CT molecular complexity index is 1450. The summed E-state index contributed by atoms with van der Waals surface area (Å²) in [6.07, 6.45) is 1.87. The molecule has 8 heteroatoms. The van der Waals surface area contributed by atoms with Gasteiger partial charge in [-0.3, -0.25) is 9.36 Å². The molecule has 0 radical (unpaired) electrons. The van der Waals surface area contributed by atoms with Gasteiger partial charge < -0.3 is 14.5 Å². The fourth-order valence-electron chi connectivity index (χ4n) is 4.08. The number of allylic oxidation sites excluding steroid dienone is 1. The van der Waals surface area contributed by atoms with Crippen molar-refractivity contribution in [2.45, 2.75) is 19.9 Å². The van der Waals surface area contributed by atoms with Crippen LogP contribution in [-0.2, 0) is 9.53 Å². The van der Waals surface area contributed by atoms with Crippen molar-refractivity contribution in [2.24, 2.45) is 4.99 Å². The van der Waals surface area contributed by atoms with E-state index < -0.39 is 12.0 Å². The van der Waals surface area contributed by atoms with Crippen LogP contribution in [0.2, 0.25) is 0 Å². The number of benzene rings is 2. The highest BCUT2D eigenvalue weighted by Gasteiger charge is 2.33. The number of hydrogen-bond acceptors (Lipinski definition) is 7. The molecule has 182 valence electrons. The Balaban J connectivity index is 1.88. The number of anilines is 2. The summed E-state index contributed by atoms with van der Waals surface area (Å²) in [5, 5.41) is 0. The molecular weight excluding hydrogens is 460 g/mol.